The van der Waals surface area contributed by atoms with Crippen molar-refractivity contribution in [1.82, 2.24) is 0 Å². The van der Waals surface area contributed by atoms with Gasteiger partial charge in [-0.1, -0.05) is 22.4 Å². The van der Waals surface area contributed by atoms with Crippen LogP contribution >= 0.6 is 15.9 Å². The van der Waals surface area contributed by atoms with Gasteiger partial charge in [0.15, 0.2) is 0 Å². The van der Waals surface area contributed by atoms with Crippen LogP contribution in [-0.4, -0.2) is 11.9 Å². The lowest BCUT2D eigenvalue weighted by Crippen LogP contribution is -2.34. The first kappa shape index (κ1) is 16.3. The number of rotatable bonds is 2. The average molecular weight is 365 g/mol. The monoisotopic (exact) mass is 364 g/mol. The molecule has 116 valence electrons. The van der Waals surface area contributed by atoms with Crippen LogP contribution < -0.4 is 11.1 Å². The van der Waals surface area contributed by atoms with Gasteiger partial charge in [-0.3, -0.25) is 4.79 Å². The van der Waals surface area contributed by atoms with E-state index in [1.165, 1.54) is 12.1 Å². The number of nitrogens with two attached hydrogens (primary N) is 1. The zero-order valence-corrected chi connectivity index (χ0v) is 12.8. The number of benzene rings is 1. The van der Waals surface area contributed by atoms with Crippen LogP contribution in [0.2, 0.25) is 0 Å². The van der Waals surface area contributed by atoms with Crippen molar-refractivity contribution < 1.29 is 18.0 Å². The van der Waals surface area contributed by atoms with E-state index >= 15 is 0 Å². The van der Waals surface area contributed by atoms with Crippen molar-refractivity contribution in [1.29, 1.82) is 0 Å². The molecule has 2 unspecified atom stereocenters. The number of carbonyl (C=O) groups excluding carboxylic acids is 1. The van der Waals surface area contributed by atoms with Crippen LogP contribution in [-0.2, 0) is 11.0 Å². The Morgan fingerprint density at radius 1 is 1.33 bits per heavy atom. The van der Waals surface area contributed by atoms with Crippen LogP contribution in [0.15, 0.2) is 22.7 Å². The summed E-state index contributed by atoms with van der Waals surface area (Å²) in [5.41, 5.74) is 4.74. The van der Waals surface area contributed by atoms with E-state index in [4.69, 9.17) is 5.73 Å². The predicted molar refractivity (Wildman–Crippen MR) is 77.7 cm³/mol. The van der Waals surface area contributed by atoms with Crippen molar-refractivity contribution in [3.05, 3.63) is 28.2 Å². The molecule has 3 N–H and O–H groups in total. The molecule has 1 saturated carbocycles. The Kier molecular flexibility index (Phi) is 4.93. The zero-order valence-electron chi connectivity index (χ0n) is 11.2. The fraction of sp³-hybridized carbons (Fsp3) is 0.500. The van der Waals surface area contributed by atoms with Crippen molar-refractivity contribution in [2.75, 3.05) is 5.32 Å². The lowest BCUT2D eigenvalue weighted by atomic mass is 9.85. The summed E-state index contributed by atoms with van der Waals surface area (Å²) in [4.78, 5) is 12.1. The van der Waals surface area contributed by atoms with Crippen LogP contribution in [0.1, 0.15) is 31.2 Å². The molecule has 2 atom stereocenters. The largest absolute Gasteiger partial charge is 0.418 e. The molecule has 1 aliphatic carbocycles. The molecule has 0 aliphatic heterocycles. The van der Waals surface area contributed by atoms with E-state index in [1.807, 2.05) is 0 Å². The molecular formula is C14H16BrF3N2O. The third-order valence-electron chi connectivity index (χ3n) is 3.63. The molecule has 1 aromatic carbocycles. The van der Waals surface area contributed by atoms with Gasteiger partial charge in [-0.05, 0) is 37.5 Å². The topological polar surface area (TPSA) is 55.1 Å². The minimum absolute atomic E-state index is 0.0542. The maximum absolute atomic E-state index is 13.0. The number of alkyl halides is 3. The molecule has 0 saturated heterocycles. The quantitative estimate of drug-likeness (QED) is 0.835. The fourth-order valence-corrected chi connectivity index (χ4v) is 2.92. The molecule has 21 heavy (non-hydrogen) atoms. The highest BCUT2D eigenvalue weighted by Crippen LogP contribution is 2.37. The van der Waals surface area contributed by atoms with E-state index in [9.17, 15) is 18.0 Å². The molecule has 3 nitrogen and oxygen atoms in total. The first-order valence-electron chi connectivity index (χ1n) is 6.70. The molecule has 0 aromatic heterocycles. The molecule has 0 spiro atoms. The molecule has 1 aromatic rings. The van der Waals surface area contributed by atoms with Crippen LogP contribution in [0, 0.1) is 5.92 Å². The second-order valence-electron chi connectivity index (χ2n) is 5.30. The highest BCUT2D eigenvalue weighted by Gasteiger charge is 2.35. The standard InChI is InChI=1S/C14H16BrF3N2O/c15-9-4-5-12(11(7-9)14(16,17)18)20-13(21)8-2-1-3-10(19)6-8/h4-5,7-8,10H,1-3,6,19H2,(H,20,21). The Morgan fingerprint density at radius 3 is 2.67 bits per heavy atom. The van der Waals surface area contributed by atoms with Crippen LogP contribution in [0.4, 0.5) is 18.9 Å². The van der Waals surface area contributed by atoms with Gasteiger partial charge >= 0.3 is 6.18 Å². The minimum Gasteiger partial charge on any atom is -0.328 e. The highest BCUT2D eigenvalue weighted by atomic mass is 79.9. The van der Waals surface area contributed by atoms with Gasteiger partial charge in [0.1, 0.15) is 0 Å². The minimum atomic E-state index is -4.52. The molecule has 1 amide bonds. The van der Waals surface area contributed by atoms with Crippen molar-refractivity contribution in [2.24, 2.45) is 11.7 Å². The number of hydrogen-bond donors (Lipinski definition) is 2. The van der Waals surface area contributed by atoms with Gasteiger partial charge in [-0.15, -0.1) is 0 Å². The lowest BCUT2D eigenvalue weighted by molar-refractivity contribution is -0.137. The summed E-state index contributed by atoms with van der Waals surface area (Å²) < 4.78 is 39.3. The van der Waals surface area contributed by atoms with E-state index in [2.05, 4.69) is 21.2 Å². The summed E-state index contributed by atoms with van der Waals surface area (Å²) in [7, 11) is 0. The lowest BCUT2D eigenvalue weighted by Gasteiger charge is -2.26. The van der Waals surface area contributed by atoms with Crippen LogP contribution in [0.5, 0.6) is 0 Å². The average Bonchev–Trinajstić information content (AvgIpc) is 2.39. The number of carbonyl (C=O) groups is 1. The normalized spacial score (nSPS) is 22.9. The molecule has 0 bridgehead atoms. The van der Waals surface area contributed by atoms with Gasteiger partial charge in [-0.2, -0.15) is 13.2 Å². The van der Waals surface area contributed by atoms with Gasteiger partial charge in [0.05, 0.1) is 11.3 Å². The van der Waals surface area contributed by atoms with E-state index in [0.717, 1.165) is 18.9 Å². The molecular weight excluding hydrogens is 349 g/mol. The molecule has 1 fully saturated rings. The third-order valence-corrected chi connectivity index (χ3v) is 4.12. The smallest absolute Gasteiger partial charge is 0.328 e. The zero-order chi connectivity index (χ0) is 15.6. The Labute approximate surface area is 129 Å². The fourth-order valence-electron chi connectivity index (χ4n) is 2.56. The summed E-state index contributed by atoms with van der Waals surface area (Å²) in [6.45, 7) is 0. The maximum atomic E-state index is 13.0. The summed E-state index contributed by atoms with van der Waals surface area (Å²) in [6.07, 6.45) is -1.65. The highest BCUT2D eigenvalue weighted by molar-refractivity contribution is 9.10. The first-order valence-corrected chi connectivity index (χ1v) is 7.50. The number of amides is 1. The van der Waals surface area contributed by atoms with Gasteiger partial charge in [0, 0.05) is 16.4 Å². The van der Waals surface area contributed by atoms with Gasteiger partial charge < -0.3 is 11.1 Å². The Morgan fingerprint density at radius 2 is 2.05 bits per heavy atom. The maximum Gasteiger partial charge on any atom is 0.418 e. The third kappa shape index (κ3) is 4.20. The van der Waals surface area contributed by atoms with Crippen molar-refractivity contribution >= 4 is 27.5 Å². The summed E-state index contributed by atoms with van der Waals surface area (Å²) in [6, 6.07) is 3.63. The van der Waals surface area contributed by atoms with Crippen molar-refractivity contribution in [2.45, 2.75) is 37.9 Å². The molecule has 0 heterocycles. The number of halogens is 4. The van der Waals surface area contributed by atoms with Gasteiger partial charge in [0.25, 0.3) is 0 Å². The number of nitrogens with one attached hydrogen (secondary N) is 1. The summed E-state index contributed by atoms with van der Waals surface area (Å²) in [5.74, 6) is -0.712. The number of hydrogen-bond acceptors (Lipinski definition) is 2. The second-order valence-corrected chi connectivity index (χ2v) is 6.22. The first-order chi connectivity index (χ1) is 9.77. The summed E-state index contributed by atoms with van der Waals surface area (Å²) in [5, 5.41) is 2.40. The Bertz CT molecular complexity index is 533. The number of anilines is 1. The predicted octanol–water partition coefficient (Wildman–Crippen LogP) is 3.92. The molecule has 1 aliphatic rings. The van der Waals surface area contributed by atoms with E-state index in [0.29, 0.717) is 17.3 Å². The van der Waals surface area contributed by atoms with Crippen LogP contribution in [0.25, 0.3) is 0 Å². The van der Waals surface area contributed by atoms with E-state index < -0.39 is 17.6 Å². The van der Waals surface area contributed by atoms with Gasteiger partial charge in [-0.25, -0.2) is 0 Å². The Balaban J connectivity index is 2.17. The van der Waals surface area contributed by atoms with Crippen molar-refractivity contribution in [3.8, 4) is 0 Å². The Hall–Kier alpha value is -1.08. The molecule has 7 heteroatoms. The van der Waals surface area contributed by atoms with E-state index in [-0.39, 0.29) is 17.6 Å². The van der Waals surface area contributed by atoms with Crippen molar-refractivity contribution in [3.63, 3.8) is 0 Å². The van der Waals surface area contributed by atoms with Gasteiger partial charge in [0.2, 0.25) is 5.91 Å². The second kappa shape index (κ2) is 6.36. The van der Waals surface area contributed by atoms with Crippen LogP contribution in [0.3, 0.4) is 0 Å². The SMILES string of the molecule is NC1CCCC(C(=O)Nc2ccc(Br)cc2C(F)(F)F)C1. The van der Waals surface area contributed by atoms with E-state index in [1.54, 1.807) is 0 Å². The summed E-state index contributed by atoms with van der Waals surface area (Å²) >= 11 is 3.01. The molecule has 2 rings (SSSR count). The molecule has 0 radical (unpaired) electrons.